The Morgan fingerprint density at radius 1 is 1.33 bits per heavy atom. The van der Waals surface area contributed by atoms with Gasteiger partial charge in [0.25, 0.3) is 0 Å². The summed E-state index contributed by atoms with van der Waals surface area (Å²) in [4.78, 5) is 4.07. The van der Waals surface area contributed by atoms with Crippen LogP contribution in [0.15, 0.2) is 23.0 Å². The molecule has 0 bridgehead atoms. The van der Waals surface area contributed by atoms with E-state index in [9.17, 15) is 8.78 Å². The molecule has 0 atom stereocenters. The number of nitrogens with one attached hydrogen (secondary N) is 1. The molecular formula is C12H9F2N3S. The van der Waals surface area contributed by atoms with Crippen molar-refractivity contribution in [3.63, 3.8) is 0 Å². The van der Waals surface area contributed by atoms with Crippen molar-refractivity contribution in [1.29, 1.82) is 5.26 Å². The fourth-order valence-corrected chi connectivity index (χ4v) is 2.08. The average Bonchev–Trinajstić information content (AvgIpc) is 2.85. The molecule has 3 nitrogen and oxygen atoms in total. The van der Waals surface area contributed by atoms with E-state index in [1.807, 2.05) is 5.38 Å². The standard InChI is InChI=1S/C12H9F2N3S/c13-10-3-8(5-15)4-11(14)12(10)16-2-1-9-6-18-7-17-9/h3-4,6-7,16H,1-2H2. The Morgan fingerprint density at radius 3 is 2.61 bits per heavy atom. The van der Waals surface area contributed by atoms with Crippen molar-refractivity contribution < 1.29 is 8.78 Å². The normalized spacial score (nSPS) is 10.1. The van der Waals surface area contributed by atoms with E-state index >= 15 is 0 Å². The fraction of sp³-hybridized carbons (Fsp3) is 0.167. The van der Waals surface area contributed by atoms with Crippen LogP contribution < -0.4 is 5.32 Å². The lowest BCUT2D eigenvalue weighted by Crippen LogP contribution is -2.08. The predicted octanol–water partition coefficient (Wildman–Crippen LogP) is 2.95. The molecular weight excluding hydrogens is 256 g/mol. The first-order valence-electron chi connectivity index (χ1n) is 5.21. The molecule has 0 aliphatic carbocycles. The van der Waals surface area contributed by atoms with Gasteiger partial charge in [0, 0.05) is 18.3 Å². The van der Waals surface area contributed by atoms with E-state index < -0.39 is 11.6 Å². The lowest BCUT2D eigenvalue weighted by molar-refractivity contribution is 0.587. The number of hydrogen-bond donors (Lipinski definition) is 1. The van der Waals surface area contributed by atoms with Crippen LogP contribution in [0, 0.1) is 23.0 Å². The minimum atomic E-state index is -0.759. The lowest BCUT2D eigenvalue weighted by atomic mass is 10.2. The second kappa shape index (κ2) is 5.56. The van der Waals surface area contributed by atoms with Gasteiger partial charge >= 0.3 is 0 Å². The summed E-state index contributed by atoms with van der Waals surface area (Å²) in [5, 5.41) is 13.1. The minimum Gasteiger partial charge on any atom is -0.380 e. The molecule has 0 spiro atoms. The number of nitrogens with zero attached hydrogens (tertiary/aromatic N) is 2. The highest BCUT2D eigenvalue weighted by molar-refractivity contribution is 7.07. The van der Waals surface area contributed by atoms with Crippen molar-refractivity contribution in [2.75, 3.05) is 11.9 Å². The zero-order valence-electron chi connectivity index (χ0n) is 9.28. The predicted molar refractivity (Wildman–Crippen MR) is 65.4 cm³/mol. The monoisotopic (exact) mass is 265 g/mol. The first kappa shape index (κ1) is 12.5. The minimum absolute atomic E-state index is 0.0324. The van der Waals surface area contributed by atoms with Gasteiger partial charge in [0.2, 0.25) is 0 Å². The van der Waals surface area contributed by atoms with Gasteiger partial charge in [0.05, 0.1) is 22.8 Å². The van der Waals surface area contributed by atoms with Crippen LogP contribution in [-0.4, -0.2) is 11.5 Å². The molecule has 0 saturated heterocycles. The summed E-state index contributed by atoms with van der Waals surface area (Å²) in [6.45, 7) is 0.378. The second-order valence-electron chi connectivity index (χ2n) is 3.58. The Kier molecular flexibility index (Phi) is 3.85. The molecule has 0 unspecified atom stereocenters. The molecule has 0 radical (unpaired) electrons. The third kappa shape index (κ3) is 2.81. The highest BCUT2D eigenvalue weighted by Crippen LogP contribution is 2.20. The molecule has 1 aromatic heterocycles. The number of nitriles is 1. The third-order valence-corrected chi connectivity index (χ3v) is 2.97. The van der Waals surface area contributed by atoms with E-state index in [0.29, 0.717) is 13.0 Å². The first-order chi connectivity index (χ1) is 8.70. The second-order valence-corrected chi connectivity index (χ2v) is 4.30. The van der Waals surface area contributed by atoms with Gasteiger partial charge in [-0.2, -0.15) is 5.26 Å². The fourth-order valence-electron chi connectivity index (χ4n) is 1.48. The molecule has 0 fully saturated rings. The molecule has 92 valence electrons. The molecule has 0 saturated carbocycles. The third-order valence-electron chi connectivity index (χ3n) is 2.34. The maximum atomic E-state index is 13.5. The molecule has 1 aromatic carbocycles. The number of thiazole rings is 1. The van der Waals surface area contributed by atoms with Crippen molar-refractivity contribution in [2.24, 2.45) is 0 Å². The Hall–Kier alpha value is -2.00. The van der Waals surface area contributed by atoms with Crippen LogP contribution in [0.1, 0.15) is 11.3 Å². The van der Waals surface area contributed by atoms with E-state index in [0.717, 1.165) is 17.8 Å². The van der Waals surface area contributed by atoms with E-state index in [-0.39, 0.29) is 11.3 Å². The number of halogens is 2. The summed E-state index contributed by atoms with van der Waals surface area (Å²) in [5.41, 5.74) is 2.35. The molecule has 18 heavy (non-hydrogen) atoms. The van der Waals surface area contributed by atoms with Crippen LogP contribution in [0.2, 0.25) is 0 Å². The van der Waals surface area contributed by atoms with Crippen molar-refractivity contribution in [3.8, 4) is 6.07 Å². The topological polar surface area (TPSA) is 48.7 Å². The molecule has 1 N–H and O–H groups in total. The van der Waals surface area contributed by atoms with Gasteiger partial charge in [-0.05, 0) is 12.1 Å². The number of rotatable bonds is 4. The molecule has 6 heteroatoms. The largest absolute Gasteiger partial charge is 0.380 e. The van der Waals surface area contributed by atoms with Crippen LogP contribution in [0.4, 0.5) is 14.5 Å². The number of anilines is 1. The van der Waals surface area contributed by atoms with Crippen LogP contribution in [0.3, 0.4) is 0 Å². The summed E-state index contributed by atoms with van der Waals surface area (Å²) in [6.07, 6.45) is 0.586. The van der Waals surface area contributed by atoms with Crippen LogP contribution >= 0.6 is 11.3 Å². The van der Waals surface area contributed by atoms with E-state index in [4.69, 9.17) is 5.26 Å². The van der Waals surface area contributed by atoms with Gasteiger partial charge in [-0.25, -0.2) is 13.8 Å². The molecule has 0 aliphatic heterocycles. The maximum Gasteiger partial charge on any atom is 0.150 e. The highest BCUT2D eigenvalue weighted by Gasteiger charge is 2.10. The maximum absolute atomic E-state index is 13.5. The Labute approximate surface area is 107 Å². The summed E-state index contributed by atoms with van der Waals surface area (Å²) in [7, 11) is 0. The summed E-state index contributed by atoms with van der Waals surface area (Å²) in [6, 6.07) is 3.71. The van der Waals surface area contributed by atoms with Gasteiger partial charge in [0.15, 0.2) is 11.6 Å². The SMILES string of the molecule is N#Cc1cc(F)c(NCCc2cscn2)c(F)c1. The molecule has 2 aromatic rings. The quantitative estimate of drug-likeness (QED) is 0.924. The Morgan fingerprint density at radius 2 is 2.06 bits per heavy atom. The first-order valence-corrected chi connectivity index (χ1v) is 6.15. The lowest BCUT2D eigenvalue weighted by Gasteiger charge is -2.08. The van der Waals surface area contributed by atoms with E-state index in [1.54, 1.807) is 11.6 Å². The van der Waals surface area contributed by atoms with Crippen molar-refractivity contribution >= 4 is 17.0 Å². The van der Waals surface area contributed by atoms with E-state index in [2.05, 4.69) is 10.3 Å². The Bertz CT molecular complexity index is 552. The summed E-state index contributed by atoms with van der Waals surface area (Å²) < 4.78 is 27.0. The molecule has 0 aliphatic rings. The summed E-state index contributed by atoms with van der Waals surface area (Å²) in [5.74, 6) is -1.52. The smallest absolute Gasteiger partial charge is 0.150 e. The summed E-state index contributed by atoms with van der Waals surface area (Å²) >= 11 is 1.47. The van der Waals surface area contributed by atoms with Gasteiger partial charge < -0.3 is 5.32 Å². The van der Waals surface area contributed by atoms with Crippen molar-refractivity contribution in [3.05, 3.63) is 45.9 Å². The van der Waals surface area contributed by atoms with Crippen LogP contribution in [0.5, 0.6) is 0 Å². The van der Waals surface area contributed by atoms with E-state index in [1.165, 1.54) is 11.3 Å². The number of hydrogen-bond acceptors (Lipinski definition) is 4. The van der Waals surface area contributed by atoms with Gasteiger partial charge in [-0.15, -0.1) is 11.3 Å². The number of benzene rings is 1. The Balaban J connectivity index is 2.03. The number of aromatic nitrogens is 1. The zero-order chi connectivity index (χ0) is 13.0. The molecule has 2 rings (SSSR count). The zero-order valence-corrected chi connectivity index (χ0v) is 10.1. The van der Waals surface area contributed by atoms with Gasteiger partial charge in [-0.1, -0.05) is 0 Å². The van der Waals surface area contributed by atoms with Crippen molar-refractivity contribution in [2.45, 2.75) is 6.42 Å². The van der Waals surface area contributed by atoms with Gasteiger partial charge in [0.1, 0.15) is 5.69 Å². The van der Waals surface area contributed by atoms with Crippen LogP contribution in [-0.2, 0) is 6.42 Å². The molecule has 0 amide bonds. The van der Waals surface area contributed by atoms with Gasteiger partial charge in [-0.3, -0.25) is 0 Å². The van der Waals surface area contributed by atoms with Crippen molar-refractivity contribution in [1.82, 2.24) is 4.98 Å². The van der Waals surface area contributed by atoms with Crippen LogP contribution in [0.25, 0.3) is 0 Å². The average molecular weight is 265 g/mol. The molecule has 1 heterocycles. The highest BCUT2D eigenvalue weighted by atomic mass is 32.1.